The highest BCUT2D eigenvalue weighted by molar-refractivity contribution is 7.16. The van der Waals surface area contributed by atoms with Crippen LogP contribution in [0.1, 0.15) is 38.0 Å². The van der Waals surface area contributed by atoms with Crippen molar-refractivity contribution in [2.75, 3.05) is 38.7 Å². The van der Waals surface area contributed by atoms with E-state index in [1.165, 1.54) is 6.07 Å². The number of methoxy groups -OCH3 is 1. The summed E-state index contributed by atoms with van der Waals surface area (Å²) in [6.45, 7) is 6.84. The van der Waals surface area contributed by atoms with E-state index in [0.717, 1.165) is 39.7 Å². The van der Waals surface area contributed by atoms with E-state index < -0.39 is 0 Å². The normalized spacial score (nSPS) is 15.4. The summed E-state index contributed by atoms with van der Waals surface area (Å²) in [5.74, 6) is 0.243. The van der Waals surface area contributed by atoms with E-state index in [2.05, 4.69) is 24.1 Å². The largest absolute Gasteiger partial charge is 0.497 e. The highest BCUT2D eigenvalue weighted by Crippen LogP contribution is 2.42. The number of nitrogens with one attached hydrogen (secondary N) is 1. The van der Waals surface area contributed by atoms with Gasteiger partial charge in [-0.15, -0.1) is 11.3 Å². The van der Waals surface area contributed by atoms with Crippen molar-refractivity contribution in [2.24, 2.45) is 0 Å². The third-order valence-electron chi connectivity index (χ3n) is 5.86. The first-order chi connectivity index (χ1) is 15.5. The number of thiophene rings is 1. The SMILES string of the molecule is COc1ccc(C(=O)Nc2sc(C)c(C)c2C(c2cccc(F)c2)N2CCOCC2)cc1. The van der Waals surface area contributed by atoms with E-state index in [0.29, 0.717) is 24.5 Å². The van der Waals surface area contributed by atoms with Gasteiger partial charge in [-0.1, -0.05) is 12.1 Å². The van der Waals surface area contributed by atoms with Crippen molar-refractivity contribution in [3.8, 4) is 5.75 Å². The molecule has 2 aromatic carbocycles. The average molecular weight is 455 g/mol. The maximum Gasteiger partial charge on any atom is 0.256 e. The van der Waals surface area contributed by atoms with Crippen LogP contribution >= 0.6 is 11.3 Å². The molecule has 1 aliphatic rings. The van der Waals surface area contributed by atoms with Crippen LogP contribution in [0.4, 0.5) is 9.39 Å². The molecule has 1 aromatic heterocycles. The molecule has 2 heterocycles. The number of morpholine rings is 1. The van der Waals surface area contributed by atoms with Gasteiger partial charge in [0.15, 0.2) is 0 Å². The van der Waals surface area contributed by atoms with Crippen LogP contribution in [0, 0.1) is 19.7 Å². The molecule has 1 amide bonds. The number of ether oxygens (including phenoxy) is 2. The minimum Gasteiger partial charge on any atom is -0.497 e. The molecule has 4 rings (SSSR count). The molecule has 5 nitrogen and oxygen atoms in total. The van der Waals surface area contributed by atoms with Crippen LogP contribution in [0.2, 0.25) is 0 Å². The number of hydrogen-bond donors (Lipinski definition) is 1. The third kappa shape index (κ3) is 4.70. The predicted molar refractivity (Wildman–Crippen MR) is 125 cm³/mol. The van der Waals surface area contributed by atoms with Crippen molar-refractivity contribution in [3.05, 3.63) is 81.5 Å². The molecular weight excluding hydrogens is 427 g/mol. The summed E-state index contributed by atoms with van der Waals surface area (Å²) < 4.78 is 24.9. The van der Waals surface area contributed by atoms with E-state index in [1.54, 1.807) is 54.8 Å². The van der Waals surface area contributed by atoms with Crippen LogP contribution in [-0.2, 0) is 4.74 Å². The Bertz CT molecular complexity index is 1090. The molecule has 3 aromatic rings. The zero-order chi connectivity index (χ0) is 22.7. The standard InChI is InChI=1S/C25H27FN2O3S/c1-16-17(2)32-25(27-24(29)18-7-9-21(30-3)10-8-18)22(16)23(28-11-13-31-14-12-28)19-5-4-6-20(26)15-19/h4-10,15,23H,11-14H2,1-3H3,(H,27,29). The maximum absolute atomic E-state index is 14.2. The highest BCUT2D eigenvalue weighted by Gasteiger charge is 2.30. The lowest BCUT2D eigenvalue weighted by atomic mass is 9.94. The smallest absolute Gasteiger partial charge is 0.256 e. The van der Waals surface area contributed by atoms with Crippen molar-refractivity contribution < 1.29 is 18.7 Å². The number of nitrogens with zero attached hydrogens (tertiary/aromatic N) is 1. The van der Waals surface area contributed by atoms with Gasteiger partial charge in [0.05, 0.1) is 26.4 Å². The minimum atomic E-state index is -0.269. The maximum atomic E-state index is 14.2. The van der Waals surface area contributed by atoms with Gasteiger partial charge in [0.2, 0.25) is 0 Å². The molecule has 0 aliphatic carbocycles. The Labute approximate surface area is 191 Å². The van der Waals surface area contributed by atoms with Gasteiger partial charge in [0, 0.05) is 29.1 Å². The average Bonchev–Trinajstić information content (AvgIpc) is 3.08. The number of rotatable bonds is 6. The Morgan fingerprint density at radius 2 is 1.88 bits per heavy atom. The number of amides is 1. The van der Waals surface area contributed by atoms with Crippen molar-refractivity contribution in [1.29, 1.82) is 0 Å². The number of carbonyl (C=O) groups is 1. The summed E-state index contributed by atoms with van der Waals surface area (Å²) >= 11 is 1.55. The van der Waals surface area contributed by atoms with E-state index in [1.807, 2.05) is 6.07 Å². The van der Waals surface area contributed by atoms with Gasteiger partial charge in [-0.25, -0.2) is 4.39 Å². The molecular formula is C25H27FN2O3S. The van der Waals surface area contributed by atoms with Crippen LogP contribution in [0.5, 0.6) is 5.75 Å². The molecule has 0 bridgehead atoms. The third-order valence-corrected chi connectivity index (χ3v) is 7.00. The summed E-state index contributed by atoms with van der Waals surface area (Å²) in [5.41, 5.74) is 3.55. The molecule has 1 aliphatic heterocycles. The molecule has 1 atom stereocenters. The Balaban J connectivity index is 1.73. The van der Waals surface area contributed by atoms with Crippen molar-refractivity contribution in [1.82, 2.24) is 4.90 Å². The molecule has 0 spiro atoms. The van der Waals surface area contributed by atoms with Gasteiger partial charge in [0.25, 0.3) is 5.91 Å². The zero-order valence-corrected chi connectivity index (χ0v) is 19.3. The van der Waals surface area contributed by atoms with Gasteiger partial charge in [-0.05, 0) is 61.4 Å². The number of carbonyl (C=O) groups excluding carboxylic acids is 1. The Morgan fingerprint density at radius 3 is 2.53 bits per heavy atom. The van der Waals surface area contributed by atoms with E-state index in [9.17, 15) is 9.18 Å². The zero-order valence-electron chi connectivity index (χ0n) is 18.5. The van der Waals surface area contributed by atoms with Crippen molar-refractivity contribution in [2.45, 2.75) is 19.9 Å². The second-order valence-corrected chi connectivity index (χ2v) is 9.04. The fourth-order valence-corrected chi connectivity index (χ4v) is 5.14. The molecule has 1 fully saturated rings. The van der Waals surface area contributed by atoms with Crippen LogP contribution < -0.4 is 10.1 Å². The minimum absolute atomic E-state index is 0.175. The van der Waals surface area contributed by atoms with Crippen LogP contribution in [-0.4, -0.2) is 44.2 Å². The molecule has 32 heavy (non-hydrogen) atoms. The van der Waals surface area contributed by atoms with Crippen molar-refractivity contribution >= 4 is 22.2 Å². The molecule has 0 radical (unpaired) electrons. The summed E-state index contributed by atoms with van der Waals surface area (Å²) in [7, 11) is 1.59. The Hall–Kier alpha value is -2.74. The second kappa shape index (κ2) is 9.81. The molecule has 1 unspecified atom stereocenters. The first kappa shape index (κ1) is 22.5. The molecule has 0 saturated carbocycles. The van der Waals surface area contributed by atoms with Crippen LogP contribution in [0.3, 0.4) is 0 Å². The molecule has 1 N–H and O–H groups in total. The molecule has 168 valence electrons. The first-order valence-electron chi connectivity index (χ1n) is 10.6. The van der Waals surface area contributed by atoms with Gasteiger partial charge < -0.3 is 14.8 Å². The van der Waals surface area contributed by atoms with E-state index in [4.69, 9.17) is 9.47 Å². The number of benzene rings is 2. The first-order valence-corrected chi connectivity index (χ1v) is 11.4. The predicted octanol–water partition coefficient (Wildman–Crippen LogP) is 5.19. The number of hydrogen-bond acceptors (Lipinski definition) is 5. The van der Waals surface area contributed by atoms with Crippen molar-refractivity contribution in [3.63, 3.8) is 0 Å². The second-order valence-electron chi connectivity index (χ2n) is 7.81. The van der Waals surface area contributed by atoms with Crippen LogP contribution in [0.15, 0.2) is 48.5 Å². The highest BCUT2D eigenvalue weighted by atomic mass is 32.1. The number of aryl methyl sites for hydroxylation is 1. The molecule has 1 saturated heterocycles. The van der Waals surface area contributed by atoms with E-state index in [-0.39, 0.29) is 17.8 Å². The fraction of sp³-hybridized carbons (Fsp3) is 0.320. The monoisotopic (exact) mass is 454 g/mol. The summed E-state index contributed by atoms with van der Waals surface area (Å²) in [5, 5.41) is 3.91. The van der Waals surface area contributed by atoms with Gasteiger partial charge in [0.1, 0.15) is 16.6 Å². The summed E-state index contributed by atoms with van der Waals surface area (Å²) in [6.07, 6.45) is 0. The van der Waals surface area contributed by atoms with Gasteiger partial charge in [-0.2, -0.15) is 0 Å². The topological polar surface area (TPSA) is 50.8 Å². The lowest BCUT2D eigenvalue weighted by Crippen LogP contribution is -2.40. The summed E-state index contributed by atoms with van der Waals surface area (Å²) in [6, 6.07) is 13.6. The quantitative estimate of drug-likeness (QED) is 0.557. The fourth-order valence-electron chi connectivity index (χ4n) is 4.06. The lowest BCUT2D eigenvalue weighted by molar-refractivity contribution is 0.0240. The van der Waals surface area contributed by atoms with E-state index >= 15 is 0 Å². The van der Waals surface area contributed by atoms with Crippen LogP contribution in [0.25, 0.3) is 0 Å². The summed E-state index contributed by atoms with van der Waals surface area (Å²) in [4.78, 5) is 16.5. The Morgan fingerprint density at radius 1 is 1.16 bits per heavy atom. The van der Waals surface area contributed by atoms with Gasteiger partial charge in [-0.3, -0.25) is 9.69 Å². The number of halogens is 1. The lowest BCUT2D eigenvalue weighted by Gasteiger charge is -2.35. The van der Waals surface area contributed by atoms with Gasteiger partial charge >= 0.3 is 0 Å². The molecule has 7 heteroatoms. The Kier molecular flexibility index (Phi) is 6.89. The number of anilines is 1.